The van der Waals surface area contributed by atoms with Crippen LogP contribution in [0.5, 0.6) is 5.75 Å². The number of likely N-dealkylation sites (tertiary alicyclic amines) is 1. The van der Waals surface area contributed by atoms with Gasteiger partial charge in [-0.2, -0.15) is 13.2 Å². The first-order chi connectivity index (χ1) is 18.3. The number of pyridine rings is 2. The van der Waals surface area contributed by atoms with Crippen LogP contribution in [0.1, 0.15) is 28.8 Å². The van der Waals surface area contributed by atoms with Crippen LogP contribution in [0.4, 0.5) is 30.4 Å². The van der Waals surface area contributed by atoms with Crippen LogP contribution >= 0.6 is 0 Å². The molecular formula is C28H26F3N5O2. The average Bonchev–Trinajstić information content (AvgIpc) is 3.32. The van der Waals surface area contributed by atoms with Crippen molar-refractivity contribution in [2.24, 2.45) is 0 Å². The molecule has 1 aliphatic rings. The molecule has 0 unspecified atom stereocenters. The van der Waals surface area contributed by atoms with Gasteiger partial charge in [0.1, 0.15) is 18.2 Å². The highest BCUT2D eigenvalue weighted by Crippen LogP contribution is 2.35. The Labute approximate surface area is 217 Å². The average molecular weight is 522 g/mol. The molecule has 5 rings (SSSR count). The minimum Gasteiger partial charge on any atom is -0.492 e. The summed E-state index contributed by atoms with van der Waals surface area (Å²) in [5.74, 6) is -0.297. The van der Waals surface area contributed by atoms with Crippen molar-refractivity contribution in [2.45, 2.75) is 25.1 Å². The molecule has 1 atom stereocenters. The van der Waals surface area contributed by atoms with Crippen molar-refractivity contribution in [2.75, 3.05) is 30.8 Å². The summed E-state index contributed by atoms with van der Waals surface area (Å²) >= 11 is 0. The molecule has 0 radical (unpaired) electrons. The Balaban J connectivity index is 1.39. The number of halogens is 3. The smallest absolute Gasteiger partial charge is 0.416 e. The number of likely N-dealkylation sites (N-methyl/N-ethyl adjacent to an activating group) is 1. The van der Waals surface area contributed by atoms with E-state index < -0.39 is 17.6 Å². The van der Waals surface area contributed by atoms with E-state index >= 15 is 0 Å². The van der Waals surface area contributed by atoms with E-state index in [4.69, 9.17) is 4.74 Å². The summed E-state index contributed by atoms with van der Waals surface area (Å²) in [7, 11) is 1.97. The summed E-state index contributed by atoms with van der Waals surface area (Å²) in [6.45, 7) is 1.19. The molecule has 1 fully saturated rings. The minimum atomic E-state index is -4.60. The van der Waals surface area contributed by atoms with Gasteiger partial charge in [0.05, 0.1) is 11.1 Å². The van der Waals surface area contributed by atoms with Gasteiger partial charge < -0.3 is 20.3 Å². The first kappa shape index (κ1) is 25.5. The number of benzene rings is 2. The topological polar surface area (TPSA) is 79.4 Å². The molecule has 38 heavy (non-hydrogen) atoms. The van der Waals surface area contributed by atoms with Crippen molar-refractivity contribution < 1.29 is 22.7 Å². The highest BCUT2D eigenvalue weighted by Gasteiger charge is 2.32. The monoisotopic (exact) mass is 521 g/mol. The lowest BCUT2D eigenvalue weighted by atomic mass is 10.1. The first-order valence-corrected chi connectivity index (χ1v) is 12.2. The van der Waals surface area contributed by atoms with Crippen LogP contribution in [0.2, 0.25) is 0 Å². The minimum absolute atomic E-state index is 0.0226. The maximum atomic E-state index is 13.6. The molecule has 0 spiro atoms. The zero-order chi connectivity index (χ0) is 26.7. The van der Waals surface area contributed by atoms with Crippen molar-refractivity contribution in [3.05, 3.63) is 84.3 Å². The quantitative estimate of drug-likeness (QED) is 0.305. The number of amides is 1. The highest BCUT2D eigenvalue weighted by molar-refractivity contribution is 6.08. The molecule has 1 amide bonds. The number of hydrogen-bond acceptors (Lipinski definition) is 6. The van der Waals surface area contributed by atoms with Crippen molar-refractivity contribution in [1.29, 1.82) is 0 Å². The number of ether oxygens (including phenoxy) is 1. The lowest BCUT2D eigenvalue weighted by Crippen LogP contribution is -2.30. The number of hydrogen-bond donors (Lipinski definition) is 2. The molecule has 1 aliphatic heterocycles. The van der Waals surface area contributed by atoms with Gasteiger partial charge in [-0.3, -0.25) is 9.78 Å². The van der Waals surface area contributed by atoms with Crippen molar-refractivity contribution >= 4 is 33.9 Å². The van der Waals surface area contributed by atoms with E-state index in [-0.39, 0.29) is 35.5 Å². The van der Waals surface area contributed by atoms with Crippen LogP contribution in [-0.2, 0) is 6.18 Å². The number of fused-ring (bicyclic) bond motifs is 1. The molecule has 4 aromatic rings. The van der Waals surface area contributed by atoms with E-state index in [0.717, 1.165) is 42.3 Å². The van der Waals surface area contributed by atoms with Crippen molar-refractivity contribution in [3.8, 4) is 5.75 Å². The van der Waals surface area contributed by atoms with Crippen molar-refractivity contribution in [3.63, 3.8) is 0 Å². The molecule has 0 bridgehead atoms. The third-order valence-corrected chi connectivity index (χ3v) is 6.59. The molecule has 1 saturated heterocycles. The van der Waals surface area contributed by atoms with Gasteiger partial charge in [-0.15, -0.1) is 0 Å². The van der Waals surface area contributed by atoms with E-state index in [2.05, 4.69) is 25.5 Å². The SMILES string of the molecule is CN1CCC[C@H]1COc1cc(NC(=O)c2cccnc2Nc2cccc3cnccc23)cc(C(F)(F)F)c1. The summed E-state index contributed by atoms with van der Waals surface area (Å²) in [6, 6.07) is 14.0. The molecular weight excluding hydrogens is 495 g/mol. The third kappa shape index (κ3) is 5.70. The fraction of sp³-hybridized carbons (Fsp3) is 0.250. The Morgan fingerprint density at radius 1 is 1.13 bits per heavy atom. The van der Waals surface area contributed by atoms with Crippen LogP contribution in [0.15, 0.2) is 73.2 Å². The number of alkyl halides is 3. The van der Waals surface area contributed by atoms with Gasteiger partial charge in [0.2, 0.25) is 0 Å². The standard InChI is InChI=1S/C28H26F3N5O2/c1-36-12-4-6-21(36)17-38-22-14-19(28(29,30)31)13-20(15-22)34-27(37)24-7-3-10-33-26(24)35-25-8-2-5-18-16-32-11-9-23(18)25/h2-3,5,7-11,13-16,21H,4,6,12,17H2,1H3,(H,33,35)(H,34,37)/t21-/m0/s1. The number of nitrogens with one attached hydrogen (secondary N) is 2. The second kappa shape index (κ2) is 10.7. The molecule has 2 aromatic heterocycles. The summed E-state index contributed by atoms with van der Waals surface area (Å²) in [5, 5.41) is 7.55. The van der Waals surface area contributed by atoms with E-state index in [1.54, 1.807) is 24.5 Å². The van der Waals surface area contributed by atoms with Gasteiger partial charge in [-0.05, 0) is 62.8 Å². The molecule has 2 aromatic carbocycles. The molecule has 7 nitrogen and oxygen atoms in total. The Kier molecular flexibility index (Phi) is 7.15. The molecule has 3 heterocycles. The van der Waals surface area contributed by atoms with Crippen LogP contribution < -0.4 is 15.4 Å². The van der Waals surface area contributed by atoms with E-state index in [1.807, 2.05) is 31.3 Å². The second-order valence-electron chi connectivity index (χ2n) is 9.21. The number of aromatic nitrogens is 2. The van der Waals surface area contributed by atoms with Gasteiger partial charge >= 0.3 is 6.18 Å². The number of carbonyl (C=O) groups is 1. The first-order valence-electron chi connectivity index (χ1n) is 12.2. The predicted octanol–water partition coefficient (Wildman–Crippen LogP) is 6.12. The highest BCUT2D eigenvalue weighted by atomic mass is 19.4. The van der Waals surface area contributed by atoms with Gasteiger partial charge in [0.15, 0.2) is 0 Å². The Hall–Kier alpha value is -4.18. The molecule has 0 saturated carbocycles. The Bertz CT molecular complexity index is 1450. The lowest BCUT2D eigenvalue weighted by Gasteiger charge is -2.20. The molecule has 10 heteroatoms. The van der Waals surface area contributed by atoms with E-state index in [0.29, 0.717) is 5.69 Å². The summed E-state index contributed by atoms with van der Waals surface area (Å²) in [4.78, 5) is 23.8. The largest absolute Gasteiger partial charge is 0.492 e. The maximum Gasteiger partial charge on any atom is 0.416 e. The zero-order valence-corrected chi connectivity index (χ0v) is 20.6. The summed E-state index contributed by atoms with van der Waals surface area (Å²) in [6.07, 6.45) is 2.26. The number of anilines is 3. The van der Waals surface area contributed by atoms with Crippen LogP contribution in [0.25, 0.3) is 10.8 Å². The zero-order valence-electron chi connectivity index (χ0n) is 20.6. The van der Waals surface area contributed by atoms with Crippen LogP contribution in [0.3, 0.4) is 0 Å². The van der Waals surface area contributed by atoms with Gasteiger partial charge in [-0.25, -0.2) is 4.98 Å². The van der Waals surface area contributed by atoms with Gasteiger partial charge in [-0.1, -0.05) is 12.1 Å². The third-order valence-electron chi connectivity index (χ3n) is 6.59. The van der Waals surface area contributed by atoms with Crippen molar-refractivity contribution in [1.82, 2.24) is 14.9 Å². The van der Waals surface area contributed by atoms with Gasteiger partial charge in [0, 0.05) is 52.8 Å². The summed E-state index contributed by atoms with van der Waals surface area (Å²) < 4.78 is 46.7. The number of carbonyl (C=O) groups excluding carboxylic acids is 1. The maximum absolute atomic E-state index is 13.6. The van der Waals surface area contributed by atoms with E-state index in [9.17, 15) is 18.0 Å². The molecule has 0 aliphatic carbocycles. The predicted molar refractivity (Wildman–Crippen MR) is 140 cm³/mol. The number of rotatable bonds is 7. The second-order valence-corrected chi connectivity index (χ2v) is 9.21. The van der Waals surface area contributed by atoms with E-state index in [1.165, 1.54) is 12.3 Å². The van der Waals surface area contributed by atoms with Gasteiger partial charge in [0.25, 0.3) is 5.91 Å². The fourth-order valence-electron chi connectivity index (χ4n) is 4.55. The fourth-order valence-corrected chi connectivity index (χ4v) is 4.55. The van der Waals surface area contributed by atoms with Crippen LogP contribution in [-0.4, -0.2) is 47.0 Å². The summed E-state index contributed by atoms with van der Waals surface area (Å²) in [5.41, 5.74) is -0.0417. The molecule has 2 N–H and O–H groups in total. The Morgan fingerprint density at radius 3 is 2.79 bits per heavy atom. The Morgan fingerprint density at radius 2 is 2.00 bits per heavy atom. The van der Waals surface area contributed by atoms with Crippen LogP contribution in [0, 0.1) is 0 Å². The molecule has 196 valence electrons. The number of nitrogens with zero attached hydrogens (tertiary/aromatic N) is 3. The lowest BCUT2D eigenvalue weighted by molar-refractivity contribution is -0.137. The normalized spacial score (nSPS) is 15.9.